The van der Waals surface area contributed by atoms with Crippen LogP contribution >= 0.6 is 0 Å². The van der Waals surface area contributed by atoms with E-state index in [4.69, 9.17) is 4.42 Å². The molecule has 0 saturated carbocycles. The van der Waals surface area contributed by atoms with Crippen LogP contribution < -0.4 is 0 Å². The van der Waals surface area contributed by atoms with Crippen molar-refractivity contribution in [1.82, 2.24) is 0 Å². The number of para-hydroxylation sites is 1. The first-order chi connectivity index (χ1) is 8.93. The van der Waals surface area contributed by atoms with Crippen LogP contribution in [-0.4, -0.2) is 14.5 Å². The molecule has 0 saturated heterocycles. The van der Waals surface area contributed by atoms with Gasteiger partial charge in [0.15, 0.2) is 0 Å². The molecule has 0 aliphatic rings. The fourth-order valence-electron chi connectivity index (χ4n) is 2.31. The van der Waals surface area contributed by atoms with Crippen LogP contribution in [0.15, 0.2) is 64.0 Å². The normalized spacial score (nSPS) is 11.3. The van der Waals surface area contributed by atoms with Crippen molar-refractivity contribution in [3.63, 3.8) is 0 Å². The van der Waals surface area contributed by atoms with E-state index in [-0.39, 0.29) is 0 Å². The maximum absolute atomic E-state index is 6.02. The molecular formula is C16H10OSe. The van der Waals surface area contributed by atoms with Gasteiger partial charge in [-0.05, 0) is 0 Å². The molecule has 4 aromatic rings. The monoisotopic (exact) mass is 298 g/mol. The number of hydrogen-bond donors (Lipinski definition) is 0. The van der Waals surface area contributed by atoms with E-state index in [1.54, 1.807) is 0 Å². The summed E-state index contributed by atoms with van der Waals surface area (Å²) in [7, 11) is 0. The maximum atomic E-state index is 6.02. The molecule has 0 fully saturated rings. The molecule has 0 N–H and O–H groups in total. The Morgan fingerprint density at radius 3 is 2.44 bits per heavy atom. The predicted molar refractivity (Wildman–Crippen MR) is 76.1 cm³/mol. The Morgan fingerprint density at radius 1 is 0.778 bits per heavy atom. The molecule has 86 valence electrons. The first-order valence-corrected chi connectivity index (χ1v) is 7.72. The molecule has 4 rings (SSSR count). The molecular weight excluding hydrogens is 287 g/mol. The Balaban J connectivity index is 2.08. The summed E-state index contributed by atoms with van der Waals surface area (Å²) in [6.07, 6.45) is 0. The molecule has 2 heteroatoms. The molecule has 0 unspecified atom stereocenters. The summed E-state index contributed by atoms with van der Waals surface area (Å²) < 4.78 is 7.38. The van der Waals surface area contributed by atoms with Gasteiger partial charge in [0, 0.05) is 0 Å². The Morgan fingerprint density at radius 2 is 1.56 bits per heavy atom. The van der Waals surface area contributed by atoms with Crippen LogP contribution in [0.1, 0.15) is 0 Å². The van der Waals surface area contributed by atoms with Crippen LogP contribution in [0.5, 0.6) is 0 Å². The summed E-state index contributed by atoms with van der Waals surface area (Å²) in [5, 5.41) is 2.52. The van der Waals surface area contributed by atoms with Crippen LogP contribution in [0.3, 0.4) is 0 Å². The minimum absolute atomic E-state index is 0.375. The second-order valence-corrected chi connectivity index (χ2v) is 6.12. The zero-order valence-corrected chi connectivity index (χ0v) is 11.3. The summed E-state index contributed by atoms with van der Waals surface area (Å²) in [4.78, 5) is 2.33. The molecule has 0 aliphatic carbocycles. The van der Waals surface area contributed by atoms with Gasteiger partial charge < -0.3 is 0 Å². The van der Waals surface area contributed by atoms with Gasteiger partial charge in [-0.25, -0.2) is 0 Å². The fourth-order valence-corrected chi connectivity index (χ4v) is 4.41. The Labute approximate surface area is 110 Å². The second kappa shape index (κ2) is 3.87. The van der Waals surface area contributed by atoms with E-state index in [9.17, 15) is 0 Å². The van der Waals surface area contributed by atoms with Gasteiger partial charge in [-0.3, -0.25) is 0 Å². The molecule has 2 aromatic heterocycles. The summed E-state index contributed by atoms with van der Waals surface area (Å²) in [5.41, 5.74) is 3.34. The standard InChI is InChI=1S/C16H10OSe/c1-2-6-11(7-3-1)16-15-13(10-18-16)12-8-4-5-9-14(12)17-15/h1-10H. The van der Waals surface area contributed by atoms with Gasteiger partial charge in [-0.15, -0.1) is 0 Å². The van der Waals surface area contributed by atoms with Gasteiger partial charge in [0.25, 0.3) is 0 Å². The van der Waals surface area contributed by atoms with Crippen molar-refractivity contribution in [3.8, 4) is 10.0 Å². The second-order valence-electron chi connectivity index (χ2n) is 4.27. The summed E-state index contributed by atoms with van der Waals surface area (Å²) in [6.45, 7) is 0. The van der Waals surface area contributed by atoms with Gasteiger partial charge in [-0.2, -0.15) is 0 Å². The zero-order valence-electron chi connectivity index (χ0n) is 9.59. The Bertz CT molecular complexity index is 824. The summed E-state index contributed by atoms with van der Waals surface area (Å²) >= 11 is 0.375. The van der Waals surface area contributed by atoms with E-state index in [0.29, 0.717) is 14.5 Å². The van der Waals surface area contributed by atoms with E-state index >= 15 is 0 Å². The number of furan rings is 1. The molecule has 1 nitrogen and oxygen atoms in total. The topological polar surface area (TPSA) is 13.1 Å². The third-order valence-corrected chi connectivity index (χ3v) is 5.29. The number of hydrogen-bond acceptors (Lipinski definition) is 1. The van der Waals surface area contributed by atoms with E-state index in [1.807, 2.05) is 12.1 Å². The Kier molecular flexibility index (Phi) is 2.19. The van der Waals surface area contributed by atoms with Gasteiger partial charge in [0.2, 0.25) is 0 Å². The average Bonchev–Trinajstić information content (AvgIpc) is 2.98. The summed E-state index contributed by atoms with van der Waals surface area (Å²) in [6, 6.07) is 18.8. The molecule has 18 heavy (non-hydrogen) atoms. The van der Waals surface area contributed by atoms with E-state index in [1.165, 1.54) is 20.8 Å². The van der Waals surface area contributed by atoms with E-state index < -0.39 is 0 Å². The number of benzene rings is 2. The van der Waals surface area contributed by atoms with Crippen molar-refractivity contribution in [1.29, 1.82) is 0 Å². The SMILES string of the molecule is c1ccc(-c2[se]cc3c2oc2ccccc23)cc1. The van der Waals surface area contributed by atoms with Crippen molar-refractivity contribution in [3.05, 3.63) is 59.5 Å². The fraction of sp³-hybridized carbons (Fsp3) is 0. The van der Waals surface area contributed by atoms with Crippen molar-refractivity contribution in [2.24, 2.45) is 0 Å². The van der Waals surface area contributed by atoms with Crippen LogP contribution in [0.4, 0.5) is 0 Å². The zero-order chi connectivity index (χ0) is 11.9. The third kappa shape index (κ3) is 1.40. The quantitative estimate of drug-likeness (QED) is 0.477. The predicted octanol–water partition coefficient (Wildman–Crippen LogP) is 4.31. The Hall–Kier alpha value is -1.76. The van der Waals surface area contributed by atoms with Crippen molar-refractivity contribution in [2.45, 2.75) is 0 Å². The van der Waals surface area contributed by atoms with E-state index in [0.717, 1.165) is 11.2 Å². The van der Waals surface area contributed by atoms with Crippen LogP contribution in [-0.2, 0) is 0 Å². The molecule has 0 radical (unpaired) electrons. The van der Waals surface area contributed by atoms with E-state index in [2.05, 4.69) is 47.4 Å². The molecule has 0 bridgehead atoms. The van der Waals surface area contributed by atoms with Crippen LogP contribution in [0.25, 0.3) is 31.9 Å². The minimum atomic E-state index is 0.375. The number of rotatable bonds is 1. The molecule has 2 aromatic carbocycles. The van der Waals surface area contributed by atoms with Crippen LogP contribution in [0, 0.1) is 0 Å². The molecule has 0 amide bonds. The summed E-state index contributed by atoms with van der Waals surface area (Å²) in [5.74, 6) is 0. The van der Waals surface area contributed by atoms with Gasteiger partial charge >= 0.3 is 110 Å². The third-order valence-electron chi connectivity index (χ3n) is 3.17. The van der Waals surface area contributed by atoms with Crippen molar-refractivity contribution >= 4 is 36.4 Å². The van der Waals surface area contributed by atoms with Gasteiger partial charge in [-0.1, -0.05) is 0 Å². The van der Waals surface area contributed by atoms with Gasteiger partial charge in [0.05, 0.1) is 0 Å². The molecule has 0 aliphatic heterocycles. The first-order valence-electron chi connectivity index (χ1n) is 5.87. The van der Waals surface area contributed by atoms with Crippen molar-refractivity contribution in [2.75, 3.05) is 0 Å². The van der Waals surface area contributed by atoms with Gasteiger partial charge in [0.1, 0.15) is 0 Å². The van der Waals surface area contributed by atoms with Crippen molar-refractivity contribution < 1.29 is 4.42 Å². The number of fused-ring (bicyclic) bond motifs is 3. The molecule has 0 spiro atoms. The molecule has 2 heterocycles. The molecule has 0 atom stereocenters. The average molecular weight is 297 g/mol. The van der Waals surface area contributed by atoms with Crippen LogP contribution in [0.2, 0.25) is 0 Å². The first kappa shape index (κ1) is 10.2.